The smallest absolute Gasteiger partial charge is 0.327 e. The molecule has 0 radical (unpaired) electrons. The van der Waals surface area contributed by atoms with Crippen LogP contribution in [0.4, 0.5) is 0 Å². The summed E-state index contributed by atoms with van der Waals surface area (Å²) in [5.41, 5.74) is 0. The normalized spacial score (nSPS) is 14.3. The van der Waals surface area contributed by atoms with Crippen LogP contribution in [0.3, 0.4) is 0 Å². The summed E-state index contributed by atoms with van der Waals surface area (Å²) in [6.07, 6.45) is 0. The molecule has 0 fully saturated rings. The Hall–Kier alpha value is -0.100. The van der Waals surface area contributed by atoms with Gasteiger partial charge in [0, 0.05) is 12.3 Å². The molecule has 0 aliphatic carbocycles. The summed E-state index contributed by atoms with van der Waals surface area (Å²) in [5, 5.41) is 0.312. The first-order valence-electron chi connectivity index (χ1n) is 4.01. The molecule has 0 aliphatic rings. The van der Waals surface area contributed by atoms with Crippen LogP contribution in [0.5, 0.6) is 0 Å². The number of ether oxygens (including phenoxy) is 2. The second-order valence-electron chi connectivity index (χ2n) is 2.60. The van der Waals surface area contributed by atoms with Gasteiger partial charge in [-0.1, -0.05) is 31.9 Å². The van der Waals surface area contributed by atoms with Crippen molar-refractivity contribution < 1.29 is 19.1 Å². The lowest BCUT2D eigenvalue weighted by molar-refractivity contribution is -0.150. The minimum absolute atomic E-state index is 0.0492. The van der Waals surface area contributed by atoms with Gasteiger partial charge in [-0.2, -0.15) is 0 Å². The highest BCUT2D eigenvalue weighted by atomic mass is 79.9. The molecule has 14 heavy (non-hydrogen) atoms. The molecule has 1 unspecified atom stereocenters. The quantitative estimate of drug-likeness (QED) is 0.567. The molecule has 0 saturated heterocycles. The summed E-state index contributed by atoms with van der Waals surface area (Å²) in [4.78, 5) is 22.0. The highest BCUT2D eigenvalue weighted by molar-refractivity contribution is 9.12. The fraction of sp³-hybridized carbons (Fsp3) is 0.750. The van der Waals surface area contributed by atoms with Crippen molar-refractivity contribution in [2.45, 2.75) is 18.2 Å². The largest absolute Gasteiger partial charge is 0.465 e. The maximum absolute atomic E-state index is 11.4. The fourth-order valence-electron chi connectivity index (χ4n) is 0.629. The second-order valence-corrected chi connectivity index (χ2v) is 4.68. The number of hydrogen-bond acceptors (Lipinski definition) is 4. The van der Waals surface area contributed by atoms with E-state index in [0.717, 1.165) is 0 Å². The zero-order chi connectivity index (χ0) is 11.2. The fourth-order valence-corrected chi connectivity index (χ4v) is 1.25. The molecule has 0 saturated carbocycles. The average Bonchev–Trinajstić information content (AvgIpc) is 2.14. The van der Waals surface area contributed by atoms with E-state index < -0.39 is 16.3 Å². The number of carbonyl (C=O) groups excluding carboxylic acids is 2. The van der Waals surface area contributed by atoms with Gasteiger partial charge in [0.1, 0.15) is 6.61 Å². The SMILES string of the molecule is CCOC(=O)C(Br)(CBr)COC(C)=O. The number of halogens is 2. The van der Waals surface area contributed by atoms with Crippen LogP contribution < -0.4 is 0 Å². The zero-order valence-corrected chi connectivity index (χ0v) is 11.2. The standard InChI is InChI=1S/C8H12Br2O4/c1-3-13-7(12)8(10,4-9)5-14-6(2)11/h3-5H2,1-2H3. The van der Waals surface area contributed by atoms with Crippen molar-refractivity contribution in [1.82, 2.24) is 0 Å². The van der Waals surface area contributed by atoms with Crippen molar-refractivity contribution in [1.29, 1.82) is 0 Å². The van der Waals surface area contributed by atoms with Crippen molar-refractivity contribution in [3.63, 3.8) is 0 Å². The predicted octanol–water partition coefficient (Wildman–Crippen LogP) is 1.64. The average molecular weight is 332 g/mol. The van der Waals surface area contributed by atoms with Crippen LogP contribution in [0.1, 0.15) is 13.8 Å². The molecule has 4 nitrogen and oxygen atoms in total. The van der Waals surface area contributed by atoms with Gasteiger partial charge in [0.05, 0.1) is 6.61 Å². The monoisotopic (exact) mass is 330 g/mol. The Labute approximate surface area is 99.6 Å². The minimum atomic E-state index is -0.991. The molecule has 0 aromatic heterocycles. The molecule has 6 heteroatoms. The lowest BCUT2D eigenvalue weighted by Gasteiger charge is -2.21. The molecule has 0 rings (SSSR count). The first-order chi connectivity index (χ1) is 6.46. The van der Waals surface area contributed by atoms with Crippen LogP contribution in [0.15, 0.2) is 0 Å². The first kappa shape index (κ1) is 13.9. The van der Waals surface area contributed by atoms with E-state index in [0.29, 0.717) is 11.9 Å². The molecule has 0 aromatic rings. The summed E-state index contributed by atoms with van der Waals surface area (Å²) in [7, 11) is 0. The van der Waals surface area contributed by atoms with Crippen LogP contribution >= 0.6 is 31.9 Å². The Kier molecular flexibility index (Phi) is 6.35. The molecule has 82 valence electrons. The van der Waals surface area contributed by atoms with E-state index in [2.05, 4.69) is 31.9 Å². The number of esters is 2. The van der Waals surface area contributed by atoms with Gasteiger partial charge in [0.15, 0.2) is 4.32 Å². The molecule has 0 N–H and O–H groups in total. The summed E-state index contributed by atoms with van der Waals surface area (Å²) in [6.45, 7) is 3.24. The first-order valence-corrected chi connectivity index (χ1v) is 5.93. The van der Waals surface area contributed by atoms with Crippen molar-refractivity contribution in [2.75, 3.05) is 18.5 Å². The minimum Gasteiger partial charge on any atom is -0.465 e. The molecule has 0 heterocycles. The Morgan fingerprint density at radius 2 is 1.93 bits per heavy atom. The van der Waals surface area contributed by atoms with E-state index in [4.69, 9.17) is 9.47 Å². The third kappa shape index (κ3) is 4.41. The lowest BCUT2D eigenvalue weighted by atomic mass is 10.2. The van der Waals surface area contributed by atoms with Crippen LogP contribution in [0.2, 0.25) is 0 Å². The highest BCUT2D eigenvalue weighted by Crippen LogP contribution is 2.23. The van der Waals surface area contributed by atoms with Gasteiger partial charge < -0.3 is 9.47 Å². The van der Waals surface area contributed by atoms with E-state index in [1.165, 1.54) is 6.92 Å². The molecule has 0 spiro atoms. The molecule has 0 amide bonds. The molecule has 0 aliphatic heterocycles. The summed E-state index contributed by atoms with van der Waals surface area (Å²) >= 11 is 6.33. The van der Waals surface area contributed by atoms with Crippen molar-refractivity contribution in [3.05, 3.63) is 0 Å². The van der Waals surface area contributed by atoms with E-state index in [1.54, 1.807) is 6.92 Å². The third-order valence-electron chi connectivity index (χ3n) is 1.36. The van der Waals surface area contributed by atoms with E-state index in [-0.39, 0.29) is 6.61 Å². The molecular weight excluding hydrogens is 320 g/mol. The van der Waals surface area contributed by atoms with Crippen LogP contribution in [-0.2, 0) is 19.1 Å². The van der Waals surface area contributed by atoms with Crippen LogP contribution in [0.25, 0.3) is 0 Å². The molecule has 0 bridgehead atoms. The molecule has 0 aromatic carbocycles. The zero-order valence-electron chi connectivity index (χ0n) is 8.01. The van der Waals surface area contributed by atoms with E-state index in [1.807, 2.05) is 0 Å². The van der Waals surface area contributed by atoms with Crippen LogP contribution in [-0.4, -0.2) is 34.8 Å². The number of rotatable bonds is 5. The summed E-state index contributed by atoms with van der Waals surface area (Å²) in [5.74, 6) is -0.878. The number of hydrogen-bond donors (Lipinski definition) is 0. The maximum Gasteiger partial charge on any atom is 0.327 e. The van der Waals surface area contributed by atoms with E-state index >= 15 is 0 Å². The third-order valence-corrected chi connectivity index (χ3v) is 3.90. The van der Waals surface area contributed by atoms with Gasteiger partial charge in [-0.15, -0.1) is 0 Å². The van der Waals surface area contributed by atoms with Gasteiger partial charge in [0.2, 0.25) is 0 Å². The Balaban J connectivity index is 4.30. The Morgan fingerprint density at radius 1 is 1.36 bits per heavy atom. The lowest BCUT2D eigenvalue weighted by Crippen LogP contribution is -2.40. The number of alkyl halides is 2. The predicted molar refractivity (Wildman–Crippen MR) is 58.7 cm³/mol. The van der Waals surface area contributed by atoms with Crippen LogP contribution in [0, 0.1) is 0 Å². The molecular formula is C8H12Br2O4. The summed E-state index contributed by atoms with van der Waals surface area (Å²) in [6, 6.07) is 0. The van der Waals surface area contributed by atoms with Gasteiger partial charge in [0.25, 0.3) is 0 Å². The summed E-state index contributed by atoms with van der Waals surface area (Å²) < 4.78 is 8.58. The maximum atomic E-state index is 11.4. The van der Waals surface area contributed by atoms with Gasteiger partial charge in [-0.05, 0) is 6.92 Å². The van der Waals surface area contributed by atoms with Crippen molar-refractivity contribution in [3.8, 4) is 0 Å². The van der Waals surface area contributed by atoms with Gasteiger partial charge in [-0.25, -0.2) is 0 Å². The molecule has 1 atom stereocenters. The Bertz CT molecular complexity index is 219. The Morgan fingerprint density at radius 3 is 2.29 bits per heavy atom. The van der Waals surface area contributed by atoms with E-state index in [9.17, 15) is 9.59 Å². The van der Waals surface area contributed by atoms with Gasteiger partial charge >= 0.3 is 11.9 Å². The highest BCUT2D eigenvalue weighted by Gasteiger charge is 2.37. The second kappa shape index (κ2) is 6.40. The van der Waals surface area contributed by atoms with Crippen molar-refractivity contribution in [2.24, 2.45) is 0 Å². The van der Waals surface area contributed by atoms with Crippen molar-refractivity contribution >= 4 is 43.8 Å². The number of carbonyl (C=O) groups is 2. The topological polar surface area (TPSA) is 52.6 Å². The van der Waals surface area contributed by atoms with Gasteiger partial charge in [-0.3, -0.25) is 9.59 Å².